The average molecular weight is 314 g/mol. The van der Waals surface area contributed by atoms with Crippen LogP contribution in [0.1, 0.15) is 37.9 Å². The van der Waals surface area contributed by atoms with Crippen molar-refractivity contribution >= 4 is 11.7 Å². The topological polar surface area (TPSA) is 49.3 Å². The molecule has 1 aliphatic carbocycles. The molecule has 1 aromatic rings. The number of carbonyl (C=O) groups excluding carboxylic acids is 1. The van der Waals surface area contributed by atoms with E-state index in [0.29, 0.717) is 5.91 Å². The van der Waals surface area contributed by atoms with E-state index in [9.17, 15) is 4.79 Å². The van der Waals surface area contributed by atoms with E-state index in [0.717, 1.165) is 62.5 Å². The maximum Gasteiger partial charge on any atom is 0.225 e. The summed E-state index contributed by atoms with van der Waals surface area (Å²) in [4.78, 5) is 25.9. The van der Waals surface area contributed by atoms with E-state index in [1.54, 1.807) is 0 Å². The molecular weight excluding hydrogens is 288 g/mol. The monoisotopic (exact) mass is 314 g/mol. The van der Waals surface area contributed by atoms with Crippen molar-refractivity contribution in [2.75, 3.05) is 31.1 Å². The third-order valence-electron chi connectivity index (χ3n) is 5.97. The maximum atomic E-state index is 12.8. The minimum atomic E-state index is 0.216. The molecule has 4 rings (SSSR count). The molecule has 0 aromatic carbocycles. The van der Waals surface area contributed by atoms with Crippen LogP contribution in [0.3, 0.4) is 0 Å². The fourth-order valence-electron chi connectivity index (χ4n) is 4.65. The Morgan fingerprint density at radius 3 is 2.48 bits per heavy atom. The maximum absolute atomic E-state index is 12.8. The van der Waals surface area contributed by atoms with Crippen molar-refractivity contribution in [3.05, 3.63) is 18.1 Å². The van der Waals surface area contributed by atoms with Crippen molar-refractivity contribution < 1.29 is 4.79 Å². The van der Waals surface area contributed by atoms with Gasteiger partial charge in [0, 0.05) is 38.3 Å². The van der Waals surface area contributed by atoms with Gasteiger partial charge in [-0.2, -0.15) is 0 Å². The Morgan fingerprint density at radius 2 is 1.83 bits per heavy atom. The molecule has 0 N–H and O–H groups in total. The van der Waals surface area contributed by atoms with E-state index in [2.05, 4.69) is 19.8 Å². The van der Waals surface area contributed by atoms with Gasteiger partial charge in [0.05, 0.1) is 0 Å². The Hall–Kier alpha value is -1.65. The lowest BCUT2D eigenvalue weighted by Gasteiger charge is -2.34. The summed E-state index contributed by atoms with van der Waals surface area (Å²) in [7, 11) is 0. The summed E-state index contributed by atoms with van der Waals surface area (Å²) in [6.45, 7) is 5.81. The van der Waals surface area contributed by atoms with Gasteiger partial charge < -0.3 is 9.80 Å². The molecule has 2 saturated heterocycles. The second-order valence-electron chi connectivity index (χ2n) is 7.42. The lowest BCUT2D eigenvalue weighted by Crippen LogP contribution is -2.42. The molecule has 1 aromatic heterocycles. The first-order valence-corrected chi connectivity index (χ1v) is 9.04. The second kappa shape index (κ2) is 6.10. The van der Waals surface area contributed by atoms with Gasteiger partial charge in [-0.25, -0.2) is 9.97 Å². The number of nitrogens with zero attached hydrogens (tertiary/aromatic N) is 4. The van der Waals surface area contributed by atoms with Crippen molar-refractivity contribution in [3.8, 4) is 0 Å². The number of piperidine rings is 1. The van der Waals surface area contributed by atoms with Gasteiger partial charge in [0.1, 0.15) is 11.6 Å². The van der Waals surface area contributed by atoms with Gasteiger partial charge in [0.15, 0.2) is 0 Å². The van der Waals surface area contributed by atoms with Crippen LogP contribution < -0.4 is 4.90 Å². The molecule has 1 amide bonds. The molecule has 5 nitrogen and oxygen atoms in total. The number of hydrogen-bond acceptors (Lipinski definition) is 4. The molecule has 23 heavy (non-hydrogen) atoms. The van der Waals surface area contributed by atoms with Crippen molar-refractivity contribution in [3.63, 3.8) is 0 Å². The number of hydrogen-bond donors (Lipinski definition) is 0. The van der Waals surface area contributed by atoms with E-state index in [-0.39, 0.29) is 5.92 Å². The predicted octanol–water partition coefficient (Wildman–Crippen LogP) is 2.26. The minimum absolute atomic E-state index is 0.216. The molecule has 3 heterocycles. The number of carbonyl (C=O) groups is 1. The quantitative estimate of drug-likeness (QED) is 0.840. The first-order chi connectivity index (χ1) is 11.2. The van der Waals surface area contributed by atoms with E-state index >= 15 is 0 Å². The summed E-state index contributed by atoms with van der Waals surface area (Å²) in [5.41, 5.74) is 0. The summed E-state index contributed by atoms with van der Waals surface area (Å²) in [6.07, 6.45) is 7.76. The zero-order valence-electron chi connectivity index (χ0n) is 13.9. The normalized spacial score (nSPS) is 28.2. The molecule has 3 fully saturated rings. The van der Waals surface area contributed by atoms with Crippen molar-refractivity contribution in [2.24, 2.45) is 17.8 Å². The minimum Gasteiger partial charge on any atom is -0.356 e. The number of aryl methyl sites for hydroxylation is 1. The van der Waals surface area contributed by atoms with Gasteiger partial charge in [-0.15, -0.1) is 0 Å². The molecule has 0 bridgehead atoms. The fraction of sp³-hybridized carbons (Fsp3) is 0.722. The van der Waals surface area contributed by atoms with Gasteiger partial charge in [-0.05, 0) is 50.5 Å². The molecule has 1 saturated carbocycles. The lowest BCUT2D eigenvalue weighted by molar-refractivity contribution is -0.135. The highest BCUT2D eigenvalue weighted by Gasteiger charge is 2.40. The summed E-state index contributed by atoms with van der Waals surface area (Å²) in [6, 6.07) is 1.97. The van der Waals surface area contributed by atoms with Crippen molar-refractivity contribution in [2.45, 2.75) is 39.0 Å². The van der Waals surface area contributed by atoms with Gasteiger partial charge in [-0.1, -0.05) is 6.42 Å². The number of aromatic nitrogens is 2. The molecular formula is C18H26N4O. The smallest absolute Gasteiger partial charge is 0.225 e. The largest absolute Gasteiger partial charge is 0.356 e. The Kier molecular flexibility index (Phi) is 3.95. The SMILES string of the molecule is Cc1nccc(N2CCC(C(=O)N3CC4CCCC4C3)CC2)n1. The Balaban J connectivity index is 1.33. The van der Waals surface area contributed by atoms with Gasteiger partial charge in [0.2, 0.25) is 5.91 Å². The number of likely N-dealkylation sites (tertiary alicyclic amines) is 1. The van der Waals surface area contributed by atoms with E-state index in [1.165, 1.54) is 19.3 Å². The third kappa shape index (κ3) is 2.93. The zero-order chi connectivity index (χ0) is 15.8. The number of fused-ring (bicyclic) bond motifs is 1. The summed E-state index contributed by atoms with van der Waals surface area (Å²) < 4.78 is 0. The molecule has 2 atom stereocenters. The second-order valence-corrected chi connectivity index (χ2v) is 7.42. The summed E-state index contributed by atoms with van der Waals surface area (Å²) in [5, 5.41) is 0. The van der Waals surface area contributed by atoms with Crippen LogP contribution in [-0.2, 0) is 4.79 Å². The van der Waals surface area contributed by atoms with Crippen LogP contribution in [0.5, 0.6) is 0 Å². The van der Waals surface area contributed by atoms with Crippen LogP contribution >= 0.6 is 0 Å². The van der Waals surface area contributed by atoms with Crippen LogP contribution in [0, 0.1) is 24.7 Å². The Labute approximate surface area is 138 Å². The highest BCUT2D eigenvalue weighted by atomic mass is 16.2. The van der Waals surface area contributed by atoms with E-state index < -0.39 is 0 Å². The van der Waals surface area contributed by atoms with Crippen LogP contribution in [0.15, 0.2) is 12.3 Å². The predicted molar refractivity (Wildman–Crippen MR) is 89.1 cm³/mol. The Bertz CT molecular complexity index is 570. The van der Waals surface area contributed by atoms with Crippen molar-refractivity contribution in [1.82, 2.24) is 14.9 Å². The Morgan fingerprint density at radius 1 is 1.13 bits per heavy atom. The standard InChI is InChI=1S/C18H26N4O/c1-13-19-8-5-17(20-13)21-9-6-14(7-10-21)18(23)22-11-15-3-2-4-16(15)12-22/h5,8,14-16H,2-4,6-7,9-12H2,1H3. The molecule has 124 valence electrons. The van der Waals surface area contributed by atoms with Gasteiger partial charge in [-0.3, -0.25) is 4.79 Å². The molecule has 3 aliphatic rings. The zero-order valence-corrected chi connectivity index (χ0v) is 13.9. The van der Waals surface area contributed by atoms with E-state index in [1.807, 2.05) is 19.2 Å². The highest BCUT2D eigenvalue weighted by Crippen LogP contribution is 2.38. The van der Waals surface area contributed by atoms with Crippen LogP contribution in [-0.4, -0.2) is 47.0 Å². The van der Waals surface area contributed by atoms with Crippen molar-refractivity contribution in [1.29, 1.82) is 0 Å². The van der Waals surface area contributed by atoms with E-state index in [4.69, 9.17) is 0 Å². The highest BCUT2D eigenvalue weighted by molar-refractivity contribution is 5.79. The average Bonchev–Trinajstić information content (AvgIpc) is 3.16. The molecule has 0 spiro atoms. The third-order valence-corrected chi connectivity index (χ3v) is 5.97. The van der Waals surface area contributed by atoms with Gasteiger partial charge >= 0.3 is 0 Å². The number of amides is 1. The first-order valence-electron chi connectivity index (χ1n) is 9.04. The number of anilines is 1. The summed E-state index contributed by atoms with van der Waals surface area (Å²) in [5.74, 6) is 4.03. The van der Waals surface area contributed by atoms with Gasteiger partial charge in [0.25, 0.3) is 0 Å². The molecule has 5 heteroatoms. The van der Waals surface area contributed by atoms with Crippen LogP contribution in [0.25, 0.3) is 0 Å². The summed E-state index contributed by atoms with van der Waals surface area (Å²) >= 11 is 0. The van der Waals surface area contributed by atoms with Crippen LogP contribution in [0.2, 0.25) is 0 Å². The number of rotatable bonds is 2. The molecule has 2 aliphatic heterocycles. The first kappa shape index (κ1) is 14.9. The lowest BCUT2D eigenvalue weighted by atomic mass is 9.95. The molecule has 2 unspecified atom stereocenters. The van der Waals surface area contributed by atoms with Crippen LogP contribution in [0.4, 0.5) is 5.82 Å². The molecule has 0 radical (unpaired) electrons. The fourth-order valence-corrected chi connectivity index (χ4v) is 4.65.